The van der Waals surface area contributed by atoms with Crippen molar-refractivity contribution in [2.75, 3.05) is 7.11 Å². The van der Waals surface area contributed by atoms with Crippen LogP contribution in [0.15, 0.2) is 52.3 Å². The van der Waals surface area contributed by atoms with Gasteiger partial charge in [-0.1, -0.05) is 36.9 Å². The number of methoxy groups -OCH3 is 1. The molecular weight excluding hydrogens is 256 g/mol. The van der Waals surface area contributed by atoms with Crippen molar-refractivity contribution >= 4 is 17.5 Å². The van der Waals surface area contributed by atoms with Gasteiger partial charge in [-0.2, -0.15) is 0 Å². The number of fused-ring (bicyclic) bond motifs is 2. The smallest absolute Gasteiger partial charge is 0.171 e. The van der Waals surface area contributed by atoms with Crippen LogP contribution in [0.4, 0.5) is 0 Å². The third-order valence-corrected chi connectivity index (χ3v) is 4.60. The minimum atomic E-state index is -0.0988. The van der Waals surface area contributed by atoms with Gasteiger partial charge in [-0.25, -0.2) is 0 Å². The largest absolute Gasteiger partial charge is 0.497 e. The lowest BCUT2D eigenvalue weighted by atomic mass is 9.92. The van der Waals surface area contributed by atoms with Crippen LogP contribution in [0.5, 0.6) is 5.75 Å². The Morgan fingerprint density at radius 3 is 2.68 bits per heavy atom. The summed E-state index contributed by atoms with van der Waals surface area (Å²) >= 11 is 1.64. The molecule has 19 heavy (non-hydrogen) atoms. The van der Waals surface area contributed by atoms with Crippen LogP contribution in [0.3, 0.4) is 0 Å². The van der Waals surface area contributed by atoms with Gasteiger partial charge >= 0.3 is 0 Å². The molecule has 3 rings (SSSR count). The highest BCUT2D eigenvalue weighted by Gasteiger charge is 2.26. The summed E-state index contributed by atoms with van der Waals surface area (Å²) in [6, 6.07) is 13.7. The van der Waals surface area contributed by atoms with Gasteiger partial charge in [0.25, 0.3) is 0 Å². The Labute approximate surface area is 116 Å². The van der Waals surface area contributed by atoms with Crippen molar-refractivity contribution < 1.29 is 9.53 Å². The highest BCUT2D eigenvalue weighted by Crippen LogP contribution is 2.42. The average molecular weight is 270 g/mol. The van der Waals surface area contributed by atoms with Crippen molar-refractivity contribution in [2.45, 2.75) is 22.6 Å². The number of hydrogen-bond acceptors (Lipinski definition) is 3. The highest BCUT2D eigenvalue weighted by atomic mass is 32.2. The van der Waals surface area contributed by atoms with E-state index < -0.39 is 0 Å². The topological polar surface area (TPSA) is 26.3 Å². The summed E-state index contributed by atoms with van der Waals surface area (Å²) in [5.74, 6) is 0.861. The maximum absolute atomic E-state index is 12.5. The first kappa shape index (κ1) is 12.3. The number of carbonyl (C=O) groups is 1. The van der Waals surface area contributed by atoms with Gasteiger partial charge in [-0.3, -0.25) is 4.79 Å². The highest BCUT2D eigenvalue weighted by molar-refractivity contribution is 7.99. The zero-order chi connectivity index (χ0) is 13.4. The molecule has 1 aliphatic heterocycles. The van der Waals surface area contributed by atoms with E-state index in [0.717, 1.165) is 26.7 Å². The third kappa shape index (κ3) is 2.04. The summed E-state index contributed by atoms with van der Waals surface area (Å²) < 4.78 is 5.25. The molecule has 0 amide bonds. The SMILES string of the molecule is COc1ccc2c(c1)Sc1ccccc1C(C)C2=O. The first-order chi connectivity index (χ1) is 9.20. The molecule has 2 aromatic rings. The van der Waals surface area contributed by atoms with Gasteiger partial charge in [-0.05, 0) is 29.8 Å². The lowest BCUT2D eigenvalue weighted by Gasteiger charge is -2.10. The number of carbonyl (C=O) groups excluding carboxylic acids is 1. The number of benzene rings is 2. The normalized spacial score (nSPS) is 17.4. The van der Waals surface area contributed by atoms with Gasteiger partial charge in [-0.15, -0.1) is 0 Å². The summed E-state index contributed by atoms with van der Waals surface area (Å²) in [6.45, 7) is 1.97. The molecule has 2 nitrogen and oxygen atoms in total. The van der Waals surface area contributed by atoms with E-state index in [0.29, 0.717) is 0 Å². The van der Waals surface area contributed by atoms with Gasteiger partial charge in [0.1, 0.15) is 5.75 Å². The van der Waals surface area contributed by atoms with Gasteiger partial charge in [0.15, 0.2) is 5.78 Å². The predicted molar refractivity (Wildman–Crippen MR) is 76.3 cm³/mol. The van der Waals surface area contributed by atoms with E-state index in [2.05, 4.69) is 6.07 Å². The van der Waals surface area contributed by atoms with E-state index in [4.69, 9.17) is 4.74 Å². The molecule has 1 unspecified atom stereocenters. The molecule has 1 heterocycles. The molecule has 0 radical (unpaired) electrons. The van der Waals surface area contributed by atoms with Crippen LogP contribution in [-0.4, -0.2) is 12.9 Å². The Balaban J connectivity index is 2.19. The maximum atomic E-state index is 12.5. The second-order valence-electron chi connectivity index (χ2n) is 4.59. The Morgan fingerprint density at radius 2 is 1.89 bits per heavy atom. The summed E-state index contributed by atoms with van der Waals surface area (Å²) in [7, 11) is 1.64. The molecule has 2 aromatic carbocycles. The number of ketones is 1. The Morgan fingerprint density at radius 1 is 1.11 bits per heavy atom. The summed E-state index contributed by atoms with van der Waals surface area (Å²) in [4.78, 5) is 14.7. The molecule has 0 spiro atoms. The summed E-state index contributed by atoms with van der Waals surface area (Å²) in [5, 5.41) is 0. The van der Waals surface area contributed by atoms with E-state index in [9.17, 15) is 4.79 Å². The molecule has 0 N–H and O–H groups in total. The van der Waals surface area contributed by atoms with Crippen LogP contribution in [0, 0.1) is 0 Å². The molecule has 0 fully saturated rings. The van der Waals surface area contributed by atoms with E-state index in [1.165, 1.54) is 0 Å². The van der Waals surface area contributed by atoms with E-state index in [1.54, 1.807) is 18.9 Å². The van der Waals surface area contributed by atoms with Crippen LogP contribution in [0.1, 0.15) is 28.8 Å². The second-order valence-corrected chi connectivity index (χ2v) is 5.67. The van der Waals surface area contributed by atoms with Crippen molar-refractivity contribution in [1.82, 2.24) is 0 Å². The van der Waals surface area contributed by atoms with Crippen molar-refractivity contribution in [3.8, 4) is 5.75 Å². The maximum Gasteiger partial charge on any atom is 0.171 e. The zero-order valence-electron chi connectivity index (χ0n) is 10.8. The van der Waals surface area contributed by atoms with E-state index in [1.807, 2.05) is 43.3 Å². The van der Waals surface area contributed by atoms with Crippen LogP contribution in [0.25, 0.3) is 0 Å². The standard InChI is InChI=1S/C16H14O2S/c1-10-12-5-3-4-6-14(12)19-15-9-11(18-2)7-8-13(15)16(10)17/h3-10H,1-2H3. The molecular formula is C16H14O2S. The van der Waals surface area contributed by atoms with Gasteiger partial charge in [0, 0.05) is 21.3 Å². The summed E-state index contributed by atoms with van der Waals surface area (Å²) in [6.07, 6.45) is 0. The third-order valence-electron chi connectivity index (χ3n) is 3.45. The van der Waals surface area contributed by atoms with Crippen LogP contribution in [-0.2, 0) is 0 Å². The van der Waals surface area contributed by atoms with Crippen molar-refractivity contribution in [3.05, 3.63) is 53.6 Å². The molecule has 96 valence electrons. The number of Topliss-reactive ketones (excluding diaryl/α,β-unsaturated/α-hetero) is 1. The van der Waals surface area contributed by atoms with E-state index >= 15 is 0 Å². The predicted octanol–water partition coefficient (Wildman–Crippen LogP) is 4.15. The lowest BCUT2D eigenvalue weighted by molar-refractivity contribution is 0.0963. The van der Waals surface area contributed by atoms with Crippen molar-refractivity contribution in [1.29, 1.82) is 0 Å². The minimum absolute atomic E-state index is 0.0988. The van der Waals surface area contributed by atoms with Gasteiger partial charge in [0.2, 0.25) is 0 Å². The van der Waals surface area contributed by atoms with Gasteiger partial charge in [0.05, 0.1) is 7.11 Å². The quantitative estimate of drug-likeness (QED) is 0.778. The molecule has 1 atom stereocenters. The Hall–Kier alpha value is -1.74. The lowest BCUT2D eigenvalue weighted by Crippen LogP contribution is -2.09. The second kappa shape index (κ2) is 4.74. The molecule has 0 saturated carbocycles. The Bertz CT molecular complexity index is 649. The van der Waals surface area contributed by atoms with Gasteiger partial charge < -0.3 is 4.74 Å². The minimum Gasteiger partial charge on any atom is -0.497 e. The van der Waals surface area contributed by atoms with Crippen molar-refractivity contribution in [2.24, 2.45) is 0 Å². The van der Waals surface area contributed by atoms with Crippen LogP contribution >= 0.6 is 11.8 Å². The fourth-order valence-corrected chi connectivity index (χ4v) is 3.54. The van der Waals surface area contributed by atoms with Crippen LogP contribution in [0.2, 0.25) is 0 Å². The number of hydrogen-bond donors (Lipinski definition) is 0. The molecule has 1 aliphatic rings. The monoisotopic (exact) mass is 270 g/mol. The first-order valence-corrected chi connectivity index (χ1v) is 7.01. The zero-order valence-corrected chi connectivity index (χ0v) is 11.7. The average Bonchev–Trinajstić information content (AvgIpc) is 2.55. The first-order valence-electron chi connectivity index (χ1n) is 6.19. The van der Waals surface area contributed by atoms with Crippen LogP contribution < -0.4 is 4.74 Å². The molecule has 0 aliphatic carbocycles. The molecule has 0 bridgehead atoms. The Kier molecular flexibility index (Phi) is 3.07. The van der Waals surface area contributed by atoms with E-state index in [-0.39, 0.29) is 11.7 Å². The molecule has 3 heteroatoms. The fraction of sp³-hybridized carbons (Fsp3) is 0.188. The number of ether oxygens (including phenoxy) is 1. The fourth-order valence-electron chi connectivity index (χ4n) is 2.34. The molecule has 0 aromatic heterocycles. The summed E-state index contributed by atoms with van der Waals surface area (Å²) in [5.41, 5.74) is 1.89. The molecule has 0 saturated heterocycles. The number of rotatable bonds is 1. The van der Waals surface area contributed by atoms with Crippen molar-refractivity contribution in [3.63, 3.8) is 0 Å².